The maximum Gasteiger partial charge on any atom is 0.337 e. The first-order valence-electron chi connectivity index (χ1n) is 3.61. The Balaban J connectivity index is 2.28. The molecule has 0 spiro atoms. The molecule has 1 unspecified atom stereocenters. The molecule has 0 fully saturated rings. The predicted molar refractivity (Wildman–Crippen MR) is 40.8 cm³/mol. The molecule has 0 N–H and O–H groups in total. The van der Waals surface area contributed by atoms with Gasteiger partial charge in [-0.1, -0.05) is 0 Å². The minimum Gasteiger partial charge on any atom is -0.459 e. The molecule has 4 nitrogen and oxygen atoms in total. The summed E-state index contributed by atoms with van der Waals surface area (Å²) >= 11 is 0. The number of esters is 1. The third-order valence-corrected chi connectivity index (χ3v) is 1.58. The Bertz CT molecular complexity index is 326. The van der Waals surface area contributed by atoms with Gasteiger partial charge in [-0.3, -0.25) is 0 Å². The largest absolute Gasteiger partial charge is 0.459 e. The standard InChI is InChI=1S/C8H7NO3/c1-5-8(10)12-7(9-5)6-3-2-4-11-6/h2-5H,1H3. The highest BCUT2D eigenvalue weighted by molar-refractivity contribution is 6.04. The molecule has 1 aromatic rings. The zero-order valence-electron chi connectivity index (χ0n) is 6.48. The Hall–Kier alpha value is -1.58. The highest BCUT2D eigenvalue weighted by atomic mass is 16.6. The monoisotopic (exact) mass is 165 g/mol. The quantitative estimate of drug-likeness (QED) is 0.582. The fourth-order valence-corrected chi connectivity index (χ4v) is 0.950. The minimum absolute atomic E-state index is 0.275. The normalized spacial score (nSPS) is 22.2. The average Bonchev–Trinajstić information content (AvgIpc) is 2.61. The second-order valence-electron chi connectivity index (χ2n) is 2.51. The van der Waals surface area contributed by atoms with Gasteiger partial charge in [0.05, 0.1) is 6.26 Å². The number of nitrogens with zero attached hydrogens (tertiary/aromatic N) is 1. The smallest absolute Gasteiger partial charge is 0.337 e. The summed E-state index contributed by atoms with van der Waals surface area (Å²) in [6.07, 6.45) is 1.51. The number of carbonyl (C=O) groups excluding carboxylic acids is 1. The average molecular weight is 165 g/mol. The highest BCUT2D eigenvalue weighted by Crippen LogP contribution is 2.12. The van der Waals surface area contributed by atoms with Gasteiger partial charge in [0, 0.05) is 0 Å². The van der Waals surface area contributed by atoms with E-state index in [4.69, 9.17) is 9.15 Å². The Morgan fingerprint density at radius 3 is 2.92 bits per heavy atom. The van der Waals surface area contributed by atoms with Crippen LogP contribution >= 0.6 is 0 Å². The summed E-state index contributed by atoms with van der Waals surface area (Å²) in [7, 11) is 0. The van der Waals surface area contributed by atoms with Gasteiger partial charge in [0.2, 0.25) is 0 Å². The van der Waals surface area contributed by atoms with Crippen molar-refractivity contribution in [3.8, 4) is 0 Å². The van der Waals surface area contributed by atoms with Crippen molar-refractivity contribution in [3.63, 3.8) is 0 Å². The lowest BCUT2D eigenvalue weighted by Gasteiger charge is -1.92. The SMILES string of the molecule is CC1N=C(c2ccco2)OC1=O. The summed E-state index contributed by atoms with van der Waals surface area (Å²) in [6.45, 7) is 1.68. The Morgan fingerprint density at radius 2 is 2.42 bits per heavy atom. The van der Waals surface area contributed by atoms with Crippen molar-refractivity contribution in [2.45, 2.75) is 13.0 Å². The third-order valence-electron chi connectivity index (χ3n) is 1.58. The Labute approximate surface area is 68.9 Å². The second-order valence-corrected chi connectivity index (χ2v) is 2.51. The summed E-state index contributed by atoms with van der Waals surface area (Å²) < 4.78 is 9.84. The van der Waals surface area contributed by atoms with E-state index in [9.17, 15) is 4.79 Å². The molecular formula is C8H7NO3. The number of furan rings is 1. The van der Waals surface area contributed by atoms with Crippen LogP contribution in [0, 0.1) is 0 Å². The lowest BCUT2D eigenvalue weighted by molar-refractivity contribution is -0.134. The van der Waals surface area contributed by atoms with Crippen LogP contribution in [0.4, 0.5) is 0 Å². The summed E-state index contributed by atoms with van der Waals surface area (Å²) in [5.74, 6) is 0.437. The van der Waals surface area contributed by atoms with E-state index in [1.165, 1.54) is 6.26 Å². The van der Waals surface area contributed by atoms with Crippen LogP contribution in [0.15, 0.2) is 27.8 Å². The molecule has 2 rings (SSSR count). The topological polar surface area (TPSA) is 51.8 Å². The summed E-state index contributed by atoms with van der Waals surface area (Å²) in [6, 6.07) is 3.00. The van der Waals surface area contributed by atoms with Crippen LogP contribution in [0.3, 0.4) is 0 Å². The molecule has 0 radical (unpaired) electrons. The van der Waals surface area contributed by atoms with E-state index in [2.05, 4.69) is 4.99 Å². The van der Waals surface area contributed by atoms with E-state index in [0.29, 0.717) is 5.76 Å². The van der Waals surface area contributed by atoms with Crippen LogP contribution in [0.1, 0.15) is 12.7 Å². The predicted octanol–water partition coefficient (Wildman–Crippen LogP) is 0.972. The van der Waals surface area contributed by atoms with Crippen LogP contribution in [0.5, 0.6) is 0 Å². The lowest BCUT2D eigenvalue weighted by Crippen LogP contribution is -2.10. The second kappa shape index (κ2) is 2.48. The van der Waals surface area contributed by atoms with Crippen molar-refractivity contribution in [1.82, 2.24) is 0 Å². The molecule has 0 saturated carbocycles. The number of carbonyl (C=O) groups is 1. The number of rotatable bonds is 1. The number of ether oxygens (including phenoxy) is 1. The summed E-state index contributed by atoms with van der Waals surface area (Å²) in [5, 5.41) is 0. The molecule has 0 amide bonds. The molecule has 0 saturated heterocycles. The maximum absolute atomic E-state index is 10.9. The molecule has 0 aromatic carbocycles. The van der Waals surface area contributed by atoms with Gasteiger partial charge in [-0.25, -0.2) is 9.79 Å². The van der Waals surface area contributed by atoms with Gasteiger partial charge in [-0.15, -0.1) is 0 Å². The Kier molecular flexibility index (Phi) is 1.46. The van der Waals surface area contributed by atoms with Gasteiger partial charge < -0.3 is 9.15 Å². The van der Waals surface area contributed by atoms with Gasteiger partial charge in [-0.05, 0) is 19.1 Å². The van der Waals surface area contributed by atoms with Crippen LogP contribution in [-0.4, -0.2) is 17.9 Å². The number of hydrogen-bond acceptors (Lipinski definition) is 4. The molecule has 62 valence electrons. The minimum atomic E-state index is -0.412. The third kappa shape index (κ3) is 1.01. The summed E-state index contributed by atoms with van der Waals surface area (Å²) in [5.41, 5.74) is 0. The molecular weight excluding hydrogens is 158 g/mol. The lowest BCUT2D eigenvalue weighted by atomic mass is 10.4. The molecule has 2 heterocycles. The van der Waals surface area contributed by atoms with Gasteiger partial charge in [0.1, 0.15) is 6.04 Å². The van der Waals surface area contributed by atoms with Crippen molar-refractivity contribution in [2.24, 2.45) is 4.99 Å². The first kappa shape index (κ1) is 7.09. The zero-order chi connectivity index (χ0) is 8.55. The van der Waals surface area contributed by atoms with E-state index in [1.54, 1.807) is 19.1 Å². The first-order valence-corrected chi connectivity index (χ1v) is 3.61. The van der Waals surface area contributed by atoms with Gasteiger partial charge in [-0.2, -0.15) is 0 Å². The fraction of sp³-hybridized carbons (Fsp3) is 0.250. The zero-order valence-corrected chi connectivity index (χ0v) is 6.48. The Morgan fingerprint density at radius 1 is 1.58 bits per heavy atom. The number of hydrogen-bond donors (Lipinski definition) is 0. The van der Waals surface area contributed by atoms with Gasteiger partial charge in [0.25, 0.3) is 5.90 Å². The van der Waals surface area contributed by atoms with Crippen molar-refractivity contribution in [2.75, 3.05) is 0 Å². The van der Waals surface area contributed by atoms with Crippen LogP contribution in [-0.2, 0) is 9.53 Å². The molecule has 4 heteroatoms. The first-order chi connectivity index (χ1) is 5.77. The molecule has 12 heavy (non-hydrogen) atoms. The van der Waals surface area contributed by atoms with Crippen molar-refractivity contribution in [3.05, 3.63) is 24.2 Å². The van der Waals surface area contributed by atoms with Crippen LogP contribution in [0.2, 0.25) is 0 Å². The molecule has 1 atom stereocenters. The summed E-state index contributed by atoms with van der Waals surface area (Å²) in [4.78, 5) is 14.9. The van der Waals surface area contributed by atoms with Crippen LogP contribution < -0.4 is 0 Å². The van der Waals surface area contributed by atoms with Crippen LogP contribution in [0.25, 0.3) is 0 Å². The number of cyclic esters (lactones) is 1. The van der Waals surface area contributed by atoms with E-state index >= 15 is 0 Å². The van der Waals surface area contributed by atoms with Crippen molar-refractivity contribution < 1.29 is 13.9 Å². The number of aliphatic imine (C=N–C) groups is 1. The van der Waals surface area contributed by atoms with E-state index in [0.717, 1.165) is 0 Å². The van der Waals surface area contributed by atoms with E-state index in [1.807, 2.05) is 0 Å². The maximum atomic E-state index is 10.9. The molecule has 1 aliphatic heterocycles. The molecule has 1 aliphatic rings. The van der Waals surface area contributed by atoms with Gasteiger partial charge in [0.15, 0.2) is 5.76 Å². The van der Waals surface area contributed by atoms with E-state index in [-0.39, 0.29) is 11.9 Å². The van der Waals surface area contributed by atoms with Crippen molar-refractivity contribution in [1.29, 1.82) is 0 Å². The van der Waals surface area contributed by atoms with Crippen molar-refractivity contribution >= 4 is 11.9 Å². The molecule has 0 bridgehead atoms. The highest BCUT2D eigenvalue weighted by Gasteiger charge is 2.26. The fourth-order valence-electron chi connectivity index (χ4n) is 0.950. The van der Waals surface area contributed by atoms with Gasteiger partial charge >= 0.3 is 5.97 Å². The molecule has 0 aliphatic carbocycles. The van der Waals surface area contributed by atoms with E-state index < -0.39 is 6.04 Å². The molecule has 1 aromatic heterocycles.